The molecule has 1 aliphatic heterocycles. The van der Waals surface area contributed by atoms with E-state index in [1.807, 2.05) is 0 Å². The van der Waals surface area contributed by atoms with Crippen LogP contribution in [-0.4, -0.2) is 48.2 Å². The van der Waals surface area contributed by atoms with Crippen LogP contribution in [0.4, 0.5) is 11.4 Å². The van der Waals surface area contributed by atoms with Gasteiger partial charge in [0.2, 0.25) is 11.8 Å². The molecule has 0 spiro atoms. The van der Waals surface area contributed by atoms with Crippen LogP contribution in [-0.2, 0) is 19.1 Å². The number of ether oxygens (including phenoxy) is 2. The second-order valence-corrected chi connectivity index (χ2v) is 9.81. The molecule has 4 rings (SSSR count). The third-order valence-corrected chi connectivity index (χ3v) is 7.35. The minimum atomic E-state index is -0.793. The molecule has 1 N–H and O–H groups in total. The van der Waals surface area contributed by atoms with Gasteiger partial charge in [0, 0.05) is 5.02 Å². The van der Waals surface area contributed by atoms with Crippen molar-refractivity contribution in [3.63, 3.8) is 0 Å². The van der Waals surface area contributed by atoms with Crippen LogP contribution >= 0.6 is 34.8 Å². The number of nitrogens with zero attached hydrogens (tertiary/aromatic N) is 1. The van der Waals surface area contributed by atoms with E-state index in [4.69, 9.17) is 44.3 Å². The van der Waals surface area contributed by atoms with Gasteiger partial charge in [-0.15, -0.1) is 23.2 Å². The molecule has 1 saturated carbocycles. The fourth-order valence-corrected chi connectivity index (χ4v) is 5.06. The van der Waals surface area contributed by atoms with E-state index < -0.39 is 41.1 Å². The summed E-state index contributed by atoms with van der Waals surface area (Å²) in [6.45, 7) is -0.571. The van der Waals surface area contributed by atoms with Gasteiger partial charge in [0.25, 0.3) is 5.91 Å². The molecule has 8 nitrogen and oxygen atoms in total. The maximum atomic E-state index is 13.0. The van der Waals surface area contributed by atoms with Crippen LogP contribution in [0, 0.1) is 11.8 Å². The number of fused-ring (bicyclic) bond motifs is 1. The summed E-state index contributed by atoms with van der Waals surface area (Å²) < 4.78 is 10.3. The highest BCUT2D eigenvalue weighted by Crippen LogP contribution is 2.43. The number of carbonyl (C=O) groups is 4. The maximum absolute atomic E-state index is 13.0. The lowest BCUT2D eigenvalue weighted by Gasteiger charge is -2.28. The van der Waals surface area contributed by atoms with Crippen molar-refractivity contribution in [1.82, 2.24) is 0 Å². The smallest absolute Gasteiger partial charge is 0.338 e. The molecular formula is C24H21Cl3N2O6. The summed E-state index contributed by atoms with van der Waals surface area (Å²) in [5, 5.41) is 2.17. The topological polar surface area (TPSA) is 102 Å². The molecule has 1 heterocycles. The molecule has 2 aliphatic rings. The highest BCUT2D eigenvalue weighted by Gasteiger charge is 2.52. The number of anilines is 2. The molecular weight excluding hydrogens is 519 g/mol. The first-order valence-electron chi connectivity index (χ1n) is 10.8. The predicted octanol–water partition coefficient (Wildman–Crippen LogP) is 4.26. The van der Waals surface area contributed by atoms with E-state index in [1.54, 1.807) is 18.2 Å². The van der Waals surface area contributed by atoms with Gasteiger partial charge >= 0.3 is 5.97 Å². The third kappa shape index (κ3) is 5.24. The van der Waals surface area contributed by atoms with Crippen LogP contribution in [0.3, 0.4) is 0 Å². The lowest BCUT2D eigenvalue weighted by molar-refractivity contribution is -0.122. The number of carbonyl (C=O) groups excluding carboxylic acids is 4. The Kier molecular flexibility index (Phi) is 7.54. The molecule has 4 atom stereocenters. The van der Waals surface area contributed by atoms with Crippen molar-refractivity contribution in [3.8, 4) is 5.75 Å². The number of alkyl halides is 2. The normalized spacial score (nSPS) is 23.6. The average molecular weight is 540 g/mol. The summed E-state index contributed by atoms with van der Waals surface area (Å²) in [4.78, 5) is 51.9. The van der Waals surface area contributed by atoms with Gasteiger partial charge < -0.3 is 14.8 Å². The van der Waals surface area contributed by atoms with Crippen molar-refractivity contribution in [1.29, 1.82) is 0 Å². The molecule has 11 heteroatoms. The van der Waals surface area contributed by atoms with E-state index in [0.717, 1.165) is 4.90 Å². The standard InChI is InChI=1S/C24H21Cl3N2O6/c1-34-20-6-5-13(25)8-19(20)28-21(30)11-35-24(33)12-3-2-4-14(7-12)29-22(31)15-9-17(26)18(27)10-16(15)23(29)32/h2-8,15-18H,9-11H2,1H3,(H,28,30)/t15-,16+,17+,18-. The molecule has 0 unspecified atom stereocenters. The average Bonchev–Trinajstić information content (AvgIpc) is 3.07. The molecule has 35 heavy (non-hydrogen) atoms. The SMILES string of the molecule is COc1ccc(Cl)cc1NC(=O)COC(=O)c1cccc(N2C(=O)[C@H]3C[C@@H](Cl)[C@@H](Cl)C[C@H]3C2=O)c1. The number of benzene rings is 2. The Morgan fingerprint density at radius 1 is 1.03 bits per heavy atom. The molecule has 1 aliphatic carbocycles. The second kappa shape index (κ2) is 10.4. The van der Waals surface area contributed by atoms with Gasteiger partial charge in [-0.3, -0.25) is 19.3 Å². The summed E-state index contributed by atoms with van der Waals surface area (Å²) in [7, 11) is 1.44. The molecule has 2 aromatic carbocycles. The van der Waals surface area contributed by atoms with Crippen LogP contribution in [0.15, 0.2) is 42.5 Å². The molecule has 184 valence electrons. The van der Waals surface area contributed by atoms with Gasteiger partial charge in [0.1, 0.15) is 5.75 Å². The predicted molar refractivity (Wildman–Crippen MR) is 131 cm³/mol. The molecule has 2 aromatic rings. The molecule has 2 fully saturated rings. The minimum Gasteiger partial charge on any atom is -0.495 e. The number of methoxy groups -OCH3 is 1. The fraction of sp³-hybridized carbons (Fsp3) is 0.333. The Balaban J connectivity index is 1.42. The summed E-state index contributed by atoms with van der Waals surface area (Å²) in [6, 6.07) is 10.6. The van der Waals surface area contributed by atoms with Crippen LogP contribution in [0.1, 0.15) is 23.2 Å². The van der Waals surface area contributed by atoms with Gasteiger partial charge in [0.15, 0.2) is 6.61 Å². The van der Waals surface area contributed by atoms with Crippen LogP contribution in [0.25, 0.3) is 0 Å². The van der Waals surface area contributed by atoms with Crippen molar-refractivity contribution in [2.24, 2.45) is 11.8 Å². The zero-order valence-electron chi connectivity index (χ0n) is 18.5. The number of imide groups is 1. The van der Waals surface area contributed by atoms with E-state index in [1.165, 1.54) is 31.4 Å². The largest absolute Gasteiger partial charge is 0.495 e. The number of hydrogen-bond donors (Lipinski definition) is 1. The van der Waals surface area contributed by atoms with Gasteiger partial charge in [-0.2, -0.15) is 0 Å². The Hall–Kier alpha value is -2.81. The van der Waals surface area contributed by atoms with Crippen molar-refractivity contribution in [2.45, 2.75) is 23.6 Å². The highest BCUT2D eigenvalue weighted by molar-refractivity contribution is 6.31. The minimum absolute atomic E-state index is 0.0801. The molecule has 3 amide bonds. The highest BCUT2D eigenvalue weighted by atomic mass is 35.5. The van der Waals surface area contributed by atoms with Gasteiger partial charge in [0.05, 0.1) is 46.6 Å². The maximum Gasteiger partial charge on any atom is 0.338 e. The van der Waals surface area contributed by atoms with Crippen LogP contribution < -0.4 is 15.0 Å². The Labute approximate surface area is 216 Å². The quantitative estimate of drug-likeness (QED) is 0.334. The van der Waals surface area contributed by atoms with E-state index in [0.29, 0.717) is 29.3 Å². The fourth-order valence-electron chi connectivity index (χ4n) is 4.30. The first kappa shape index (κ1) is 25.3. The molecule has 0 bridgehead atoms. The molecule has 0 aromatic heterocycles. The Morgan fingerprint density at radius 3 is 2.31 bits per heavy atom. The molecule has 0 radical (unpaired) electrons. The number of esters is 1. The first-order valence-corrected chi connectivity index (χ1v) is 12.0. The Morgan fingerprint density at radius 2 is 1.69 bits per heavy atom. The zero-order chi connectivity index (χ0) is 25.3. The van der Waals surface area contributed by atoms with Crippen molar-refractivity contribution >= 4 is 69.9 Å². The van der Waals surface area contributed by atoms with Gasteiger partial charge in [-0.1, -0.05) is 17.7 Å². The number of amides is 3. The first-order chi connectivity index (χ1) is 16.7. The summed E-state index contributed by atoms with van der Waals surface area (Å²) >= 11 is 18.4. The van der Waals surface area contributed by atoms with E-state index in [2.05, 4.69) is 5.32 Å². The molecule has 1 saturated heterocycles. The van der Waals surface area contributed by atoms with Crippen molar-refractivity contribution < 1.29 is 28.7 Å². The van der Waals surface area contributed by atoms with Crippen LogP contribution in [0.5, 0.6) is 5.75 Å². The second-order valence-electron chi connectivity index (χ2n) is 8.25. The Bertz CT molecular complexity index is 1160. The number of halogens is 3. The van der Waals surface area contributed by atoms with Gasteiger partial charge in [-0.05, 0) is 49.2 Å². The van der Waals surface area contributed by atoms with Crippen LogP contribution in [0.2, 0.25) is 5.02 Å². The summed E-state index contributed by atoms with van der Waals surface area (Å²) in [5.74, 6) is -2.81. The lowest BCUT2D eigenvalue weighted by atomic mass is 9.80. The van der Waals surface area contributed by atoms with E-state index in [9.17, 15) is 19.2 Å². The number of nitrogens with one attached hydrogen (secondary N) is 1. The lowest BCUT2D eigenvalue weighted by Crippen LogP contribution is -2.34. The third-order valence-electron chi connectivity index (χ3n) is 6.02. The van der Waals surface area contributed by atoms with Crippen molar-refractivity contribution in [2.75, 3.05) is 23.9 Å². The van der Waals surface area contributed by atoms with Gasteiger partial charge in [-0.25, -0.2) is 4.79 Å². The number of rotatable bonds is 6. The summed E-state index contributed by atoms with van der Waals surface area (Å²) in [5.41, 5.74) is 0.652. The van der Waals surface area contributed by atoms with E-state index in [-0.39, 0.29) is 23.1 Å². The summed E-state index contributed by atoms with van der Waals surface area (Å²) in [6.07, 6.45) is 0.630. The zero-order valence-corrected chi connectivity index (χ0v) is 20.8. The van der Waals surface area contributed by atoms with Crippen molar-refractivity contribution in [3.05, 3.63) is 53.1 Å². The number of hydrogen-bond acceptors (Lipinski definition) is 6. The van der Waals surface area contributed by atoms with E-state index >= 15 is 0 Å². The monoisotopic (exact) mass is 538 g/mol.